The van der Waals surface area contributed by atoms with E-state index in [1.807, 2.05) is 24.3 Å². The van der Waals surface area contributed by atoms with Crippen molar-refractivity contribution in [3.8, 4) is 0 Å². The zero-order chi connectivity index (χ0) is 15.3. The summed E-state index contributed by atoms with van der Waals surface area (Å²) in [6.07, 6.45) is 0.290. The van der Waals surface area contributed by atoms with Crippen LogP contribution in [0.4, 0.5) is 0 Å². The van der Waals surface area contributed by atoms with Crippen molar-refractivity contribution in [2.75, 3.05) is 11.5 Å². The number of sulfone groups is 1. The van der Waals surface area contributed by atoms with Crippen LogP contribution in [0.2, 0.25) is 0 Å². The molecule has 0 aliphatic carbocycles. The quantitative estimate of drug-likeness (QED) is 0.914. The molecule has 7 heteroatoms. The Balaban J connectivity index is 2.06. The Kier molecular flexibility index (Phi) is 3.05. The van der Waals surface area contributed by atoms with Gasteiger partial charge in [-0.2, -0.15) is 5.10 Å². The number of aryl methyl sites for hydroxylation is 1. The number of carboxylic acids is 1. The van der Waals surface area contributed by atoms with E-state index in [1.54, 1.807) is 11.7 Å². The number of aliphatic carboxylic acids is 1. The predicted octanol–water partition coefficient (Wildman–Crippen LogP) is 1.01. The molecule has 2 heterocycles. The first-order valence-electron chi connectivity index (χ1n) is 6.67. The van der Waals surface area contributed by atoms with Crippen molar-refractivity contribution in [1.29, 1.82) is 0 Å². The van der Waals surface area contributed by atoms with Crippen molar-refractivity contribution < 1.29 is 18.3 Å². The van der Waals surface area contributed by atoms with E-state index in [0.717, 1.165) is 10.9 Å². The number of hydrogen-bond acceptors (Lipinski definition) is 4. The predicted molar refractivity (Wildman–Crippen MR) is 77.8 cm³/mol. The Morgan fingerprint density at radius 3 is 2.76 bits per heavy atom. The van der Waals surface area contributed by atoms with Crippen molar-refractivity contribution in [3.63, 3.8) is 0 Å². The molecule has 112 valence electrons. The summed E-state index contributed by atoms with van der Waals surface area (Å²) in [6, 6.07) is 7.55. The maximum absolute atomic E-state index is 11.7. The molecule has 1 unspecified atom stereocenters. The summed E-state index contributed by atoms with van der Waals surface area (Å²) in [6.45, 7) is 0. The molecule has 1 atom stereocenters. The van der Waals surface area contributed by atoms with E-state index in [-0.39, 0.29) is 24.3 Å². The maximum atomic E-state index is 11.7. The van der Waals surface area contributed by atoms with Crippen LogP contribution >= 0.6 is 0 Å². The summed E-state index contributed by atoms with van der Waals surface area (Å²) < 4.78 is 25.1. The van der Waals surface area contributed by atoms with Gasteiger partial charge in [-0.1, -0.05) is 18.2 Å². The number of nitrogens with zero attached hydrogens (tertiary/aromatic N) is 2. The molecule has 1 fully saturated rings. The van der Waals surface area contributed by atoms with Gasteiger partial charge in [0, 0.05) is 18.9 Å². The Labute approximate surface area is 122 Å². The topological polar surface area (TPSA) is 89.3 Å². The van der Waals surface area contributed by atoms with Crippen molar-refractivity contribution in [3.05, 3.63) is 30.0 Å². The van der Waals surface area contributed by atoms with E-state index in [2.05, 4.69) is 5.10 Å². The fraction of sp³-hybridized carbons (Fsp3) is 0.429. The number of aromatic nitrogens is 2. The average molecular weight is 308 g/mol. The van der Waals surface area contributed by atoms with Gasteiger partial charge in [-0.05, 0) is 12.5 Å². The summed E-state index contributed by atoms with van der Waals surface area (Å²) >= 11 is 0. The summed E-state index contributed by atoms with van der Waals surface area (Å²) in [5, 5.41) is 14.8. The van der Waals surface area contributed by atoms with Crippen LogP contribution in [0.25, 0.3) is 10.9 Å². The van der Waals surface area contributed by atoms with Gasteiger partial charge in [-0.25, -0.2) is 8.42 Å². The lowest BCUT2D eigenvalue weighted by atomic mass is 9.82. The summed E-state index contributed by atoms with van der Waals surface area (Å²) in [7, 11) is -1.48. The SMILES string of the molecule is Cn1nc(CC2(C(=O)O)CCS(=O)(=O)C2)c2ccccc21. The fourth-order valence-corrected chi connectivity index (χ4v) is 5.10. The number of benzene rings is 1. The summed E-state index contributed by atoms with van der Waals surface area (Å²) in [4.78, 5) is 11.7. The lowest BCUT2D eigenvalue weighted by Gasteiger charge is -2.21. The first kappa shape index (κ1) is 14.1. The molecule has 1 aliphatic rings. The standard InChI is InChI=1S/C14H16N2O4S/c1-16-12-5-3-2-4-10(12)11(15-16)8-14(13(17)18)6-7-21(19,20)9-14/h2-5H,6-9H2,1H3,(H,17,18). The molecule has 1 aliphatic heterocycles. The molecular weight excluding hydrogens is 292 g/mol. The molecule has 0 amide bonds. The van der Waals surface area contributed by atoms with Crippen molar-refractivity contribution >= 4 is 26.7 Å². The van der Waals surface area contributed by atoms with Crippen LogP contribution < -0.4 is 0 Å². The highest BCUT2D eigenvalue weighted by Crippen LogP contribution is 2.37. The third kappa shape index (κ3) is 2.31. The first-order valence-corrected chi connectivity index (χ1v) is 8.50. The third-order valence-electron chi connectivity index (χ3n) is 4.18. The van der Waals surface area contributed by atoms with E-state index in [9.17, 15) is 18.3 Å². The minimum atomic E-state index is -3.28. The fourth-order valence-electron chi connectivity index (χ4n) is 3.04. The summed E-state index contributed by atoms with van der Waals surface area (Å²) in [5.74, 6) is -1.43. The molecule has 1 saturated heterocycles. The van der Waals surface area contributed by atoms with Crippen LogP contribution in [-0.2, 0) is 28.1 Å². The van der Waals surface area contributed by atoms with Crippen molar-refractivity contribution in [1.82, 2.24) is 9.78 Å². The third-order valence-corrected chi connectivity index (χ3v) is 6.00. The lowest BCUT2D eigenvalue weighted by molar-refractivity contribution is -0.147. The molecule has 3 rings (SSSR count). The van der Waals surface area contributed by atoms with Gasteiger partial charge >= 0.3 is 5.97 Å². The second kappa shape index (κ2) is 4.56. The van der Waals surface area contributed by atoms with Crippen LogP contribution in [0.1, 0.15) is 12.1 Å². The minimum absolute atomic E-state index is 0.0654. The average Bonchev–Trinajstić information content (AvgIpc) is 2.90. The Morgan fingerprint density at radius 2 is 2.14 bits per heavy atom. The number of fused-ring (bicyclic) bond motifs is 1. The molecule has 1 aromatic carbocycles. The van der Waals surface area contributed by atoms with Crippen LogP contribution in [0.5, 0.6) is 0 Å². The lowest BCUT2D eigenvalue weighted by Crippen LogP contribution is -2.34. The maximum Gasteiger partial charge on any atom is 0.311 e. The monoisotopic (exact) mass is 308 g/mol. The number of para-hydroxylation sites is 1. The minimum Gasteiger partial charge on any atom is -0.481 e. The molecule has 0 bridgehead atoms. The van der Waals surface area contributed by atoms with Gasteiger partial charge in [-0.15, -0.1) is 0 Å². The van der Waals surface area contributed by atoms with Gasteiger partial charge in [-0.3, -0.25) is 9.48 Å². The van der Waals surface area contributed by atoms with Crippen molar-refractivity contribution in [2.45, 2.75) is 12.8 Å². The highest BCUT2D eigenvalue weighted by atomic mass is 32.2. The van der Waals surface area contributed by atoms with E-state index in [4.69, 9.17) is 0 Å². The molecule has 1 N–H and O–H groups in total. The van der Waals surface area contributed by atoms with Crippen LogP contribution in [0.3, 0.4) is 0 Å². The van der Waals surface area contributed by atoms with Gasteiger partial charge in [0.05, 0.1) is 28.1 Å². The smallest absolute Gasteiger partial charge is 0.311 e. The number of rotatable bonds is 3. The Bertz CT molecular complexity index is 825. The summed E-state index contributed by atoms with van der Waals surface area (Å²) in [5.41, 5.74) is 0.303. The highest BCUT2D eigenvalue weighted by molar-refractivity contribution is 7.91. The molecule has 0 radical (unpaired) electrons. The number of carbonyl (C=O) groups is 1. The van der Waals surface area contributed by atoms with Crippen molar-refractivity contribution in [2.24, 2.45) is 12.5 Å². The second-order valence-corrected chi connectivity index (χ2v) is 7.88. The second-order valence-electron chi connectivity index (χ2n) is 5.69. The Morgan fingerprint density at radius 1 is 1.43 bits per heavy atom. The van der Waals surface area contributed by atoms with E-state index < -0.39 is 21.2 Å². The van der Waals surface area contributed by atoms with Gasteiger partial charge in [0.2, 0.25) is 0 Å². The van der Waals surface area contributed by atoms with E-state index in [1.165, 1.54) is 0 Å². The van der Waals surface area contributed by atoms with Crippen LogP contribution in [-0.4, -0.2) is 40.8 Å². The van der Waals surface area contributed by atoms with E-state index in [0.29, 0.717) is 5.69 Å². The molecule has 2 aromatic rings. The number of hydrogen-bond donors (Lipinski definition) is 1. The first-order chi connectivity index (χ1) is 9.83. The van der Waals surface area contributed by atoms with Crippen LogP contribution in [0.15, 0.2) is 24.3 Å². The highest BCUT2D eigenvalue weighted by Gasteiger charge is 2.49. The van der Waals surface area contributed by atoms with Gasteiger partial charge in [0.25, 0.3) is 0 Å². The van der Waals surface area contributed by atoms with E-state index >= 15 is 0 Å². The Hall–Kier alpha value is -1.89. The zero-order valence-corrected chi connectivity index (χ0v) is 12.4. The molecular formula is C14H16N2O4S. The molecule has 21 heavy (non-hydrogen) atoms. The van der Waals surface area contributed by atoms with Gasteiger partial charge in [0.15, 0.2) is 9.84 Å². The molecule has 0 spiro atoms. The van der Waals surface area contributed by atoms with Crippen LogP contribution in [0, 0.1) is 5.41 Å². The largest absolute Gasteiger partial charge is 0.481 e. The molecule has 6 nitrogen and oxygen atoms in total. The van der Waals surface area contributed by atoms with Gasteiger partial charge in [0.1, 0.15) is 0 Å². The number of carboxylic acid groups (broad SMARTS) is 1. The van der Waals surface area contributed by atoms with Gasteiger partial charge < -0.3 is 5.11 Å². The normalized spacial score (nSPS) is 24.4. The molecule has 1 aromatic heterocycles. The molecule has 0 saturated carbocycles. The zero-order valence-electron chi connectivity index (χ0n) is 11.6.